The van der Waals surface area contributed by atoms with Crippen LogP contribution in [0.3, 0.4) is 0 Å². The van der Waals surface area contributed by atoms with E-state index in [9.17, 15) is 0 Å². The molecule has 0 aromatic heterocycles. The Hall–Kier alpha value is -1.10. The molecule has 3 rings (SSSR count). The second-order valence-corrected chi connectivity index (χ2v) is 6.40. The summed E-state index contributed by atoms with van der Waals surface area (Å²) in [6, 6.07) is 7.29. The van der Waals surface area contributed by atoms with Crippen LogP contribution in [0.15, 0.2) is 18.2 Å². The van der Waals surface area contributed by atoms with Gasteiger partial charge < -0.3 is 10.5 Å². The first-order chi connectivity index (χ1) is 10.2. The number of nitrogens with two attached hydrogens (primary N) is 1. The Balaban J connectivity index is 1.64. The molecule has 2 aliphatic rings. The smallest absolute Gasteiger partial charge is 0.123 e. The van der Waals surface area contributed by atoms with Gasteiger partial charge in [-0.3, -0.25) is 9.80 Å². The van der Waals surface area contributed by atoms with Crippen LogP contribution < -0.4 is 10.5 Å². The lowest BCUT2D eigenvalue weighted by atomic mass is 10.0. The van der Waals surface area contributed by atoms with Crippen LogP contribution in [0.2, 0.25) is 0 Å². The fourth-order valence-corrected chi connectivity index (χ4v) is 3.17. The number of rotatable bonds is 5. The van der Waals surface area contributed by atoms with Crippen LogP contribution in [0.5, 0.6) is 5.75 Å². The van der Waals surface area contributed by atoms with E-state index >= 15 is 0 Å². The lowest BCUT2D eigenvalue weighted by Gasteiger charge is -2.35. The summed E-state index contributed by atoms with van der Waals surface area (Å²) >= 11 is 0. The molecule has 1 aliphatic heterocycles. The van der Waals surface area contributed by atoms with Crippen LogP contribution in [0.25, 0.3) is 0 Å². The van der Waals surface area contributed by atoms with Gasteiger partial charge in [-0.25, -0.2) is 0 Å². The molecule has 0 spiro atoms. The number of nitrogens with zero attached hydrogens (tertiary/aromatic N) is 2. The van der Waals surface area contributed by atoms with E-state index in [0.29, 0.717) is 0 Å². The molecule has 4 heteroatoms. The fraction of sp³-hybridized carbons (Fsp3) is 0.647. The summed E-state index contributed by atoms with van der Waals surface area (Å²) < 4.78 is 5.51. The number of ether oxygens (including phenoxy) is 1. The molecule has 1 unspecified atom stereocenters. The van der Waals surface area contributed by atoms with Gasteiger partial charge in [0, 0.05) is 50.4 Å². The van der Waals surface area contributed by atoms with Crippen molar-refractivity contribution in [2.45, 2.75) is 38.4 Å². The molecule has 2 N–H and O–H groups in total. The molecule has 1 aromatic rings. The van der Waals surface area contributed by atoms with E-state index < -0.39 is 0 Å². The van der Waals surface area contributed by atoms with Crippen LogP contribution in [-0.2, 0) is 6.54 Å². The van der Waals surface area contributed by atoms with Gasteiger partial charge in [-0.1, -0.05) is 6.07 Å². The highest BCUT2D eigenvalue weighted by Gasteiger charge is 2.31. The fourth-order valence-electron chi connectivity index (χ4n) is 3.17. The summed E-state index contributed by atoms with van der Waals surface area (Å²) in [5.41, 5.74) is 8.44. The van der Waals surface area contributed by atoms with Gasteiger partial charge in [-0.05, 0) is 37.5 Å². The minimum absolute atomic E-state index is 0.0707. The van der Waals surface area contributed by atoms with Crippen molar-refractivity contribution in [3.05, 3.63) is 29.3 Å². The number of piperazine rings is 1. The zero-order chi connectivity index (χ0) is 14.8. The number of methoxy groups -OCH3 is 1. The first kappa shape index (κ1) is 14.8. The van der Waals surface area contributed by atoms with E-state index in [1.165, 1.54) is 37.1 Å². The molecule has 0 radical (unpaired) electrons. The molecular weight excluding hydrogens is 262 g/mol. The van der Waals surface area contributed by atoms with Gasteiger partial charge in [0.15, 0.2) is 0 Å². The van der Waals surface area contributed by atoms with Gasteiger partial charge in [-0.15, -0.1) is 0 Å². The Morgan fingerprint density at radius 1 is 1.24 bits per heavy atom. The summed E-state index contributed by atoms with van der Waals surface area (Å²) in [5.74, 6) is 0.976. The first-order valence-corrected chi connectivity index (χ1v) is 8.06. The maximum absolute atomic E-state index is 6.00. The number of hydrogen-bond donors (Lipinski definition) is 1. The maximum Gasteiger partial charge on any atom is 0.123 e. The van der Waals surface area contributed by atoms with E-state index in [1.807, 2.05) is 6.92 Å². The van der Waals surface area contributed by atoms with E-state index in [1.54, 1.807) is 7.11 Å². The summed E-state index contributed by atoms with van der Waals surface area (Å²) in [6.45, 7) is 7.71. The Morgan fingerprint density at radius 3 is 2.52 bits per heavy atom. The van der Waals surface area contributed by atoms with Crippen LogP contribution in [-0.4, -0.2) is 49.1 Å². The summed E-state index contributed by atoms with van der Waals surface area (Å²) in [6.07, 6.45) is 2.81. The lowest BCUT2D eigenvalue weighted by molar-refractivity contribution is 0.120. The third-order valence-electron chi connectivity index (χ3n) is 4.69. The molecular formula is C17H27N3O. The standard InChI is InChI=1S/C17H27N3O/c1-13(18)14-3-6-17(21-2)15(11-14)12-19-7-9-20(10-8-19)16-4-5-16/h3,6,11,13,16H,4-5,7-10,12,18H2,1-2H3. The van der Waals surface area contributed by atoms with E-state index in [-0.39, 0.29) is 6.04 Å². The van der Waals surface area contributed by atoms with Crippen molar-refractivity contribution in [1.29, 1.82) is 0 Å². The monoisotopic (exact) mass is 289 g/mol. The van der Waals surface area contributed by atoms with Crippen molar-refractivity contribution in [1.82, 2.24) is 9.80 Å². The Bertz CT molecular complexity index is 477. The molecule has 1 aliphatic carbocycles. The van der Waals surface area contributed by atoms with E-state index in [2.05, 4.69) is 28.0 Å². The van der Waals surface area contributed by atoms with Crippen LogP contribution >= 0.6 is 0 Å². The zero-order valence-electron chi connectivity index (χ0n) is 13.2. The van der Waals surface area contributed by atoms with Gasteiger partial charge in [0.2, 0.25) is 0 Å². The Morgan fingerprint density at radius 2 is 1.95 bits per heavy atom. The van der Waals surface area contributed by atoms with Crippen molar-refractivity contribution in [2.24, 2.45) is 5.73 Å². The van der Waals surface area contributed by atoms with Crippen molar-refractivity contribution < 1.29 is 4.74 Å². The van der Waals surface area contributed by atoms with Crippen molar-refractivity contribution in [2.75, 3.05) is 33.3 Å². The van der Waals surface area contributed by atoms with Crippen molar-refractivity contribution in [3.8, 4) is 5.75 Å². The number of hydrogen-bond acceptors (Lipinski definition) is 4. The predicted molar refractivity (Wildman–Crippen MR) is 85.5 cm³/mol. The molecule has 1 saturated heterocycles. The Kier molecular flexibility index (Phi) is 4.48. The molecule has 21 heavy (non-hydrogen) atoms. The third kappa shape index (κ3) is 3.57. The first-order valence-electron chi connectivity index (χ1n) is 8.06. The quantitative estimate of drug-likeness (QED) is 0.900. The van der Waals surface area contributed by atoms with Gasteiger partial charge in [-0.2, -0.15) is 0 Å². The molecule has 2 fully saturated rings. The second kappa shape index (κ2) is 6.34. The molecule has 4 nitrogen and oxygen atoms in total. The zero-order valence-corrected chi connectivity index (χ0v) is 13.2. The number of benzene rings is 1. The largest absolute Gasteiger partial charge is 0.496 e. The minimum atomic E-state index is 0.0707. The SMILES string of the molecule is COc1ccc(C(C)N)cc1CN1CCN(C2CC2)CC1. The van der Waals surface area contributed by atoms with Crippen LogP contribution in [0, 0.1) is 0 Å². The summed E-state index contributed by atoms with van der Waals surface area (Å²) in [5, 5.41) is 0. The van der Waals surface area contributed by atoms with Crippen molar-refractivity contribution >= 4 is 0 Å². The van der Waals surface area contributed by atoms with Crippen molar-refractivity contribution in [3.63, 3.8) is 0 Å². The van der Waals surface area contributed by atoms with Gasteiger partial charge in [0.25, 0.3) is 0 Å². The van der Waals surface area contributed by atoms with Crippen LogP contribution in [0.4, 0.5) is 0 Å². The molecule has 0 bridgehead atoms. The lowest BCUT2D eigenvalue weighted by Crippen LogP contribution is -2.46. The minimum Gasteiger partial charge on any atom is -0.496 e. The van der Waals surface area contributed by atoms with Gasteiger partial charge >= 0.3 is 0 Å². The highest BCUT2D eigenvalue weighted by molar-refractivity contribution is 5.38. The molecule has 1 aromatic carbocycles. The normalized spacial score (nSPS) is 22.2. The Labute approximate surface area is 127 Å². The van der Waals surface area contributed by atoms with E-state index in [0.717, 1.165) is 31.4 Å². The van der Waals surface area contributed by atoms with Gasteiger partial charge in [0.05, 0.1) is 7.11 Å². The molecule has 1 atom stereocenters. The summed E-state index contributed by atoms with van der Waals surface area (Å²) in [7, 11) is 1.75. The van der Waals surface area contributed by atoms with E-state index in [4.69, 9.17) is 10.5 Å². The molecule has 1 heterocycles. The summed E-state index contributed by atoms with van der Waals surface area (Å²) in [4.78, 5) is 5.17. The second-order valence-electron chi connectivity index (χ2n) is 6.40. The molecule has 116 valence electrons. The third-order valence-corrected chi connectivity index (χ3v) is 4.69. The highest BCUT2D eigenvalue weighted by atomic mass is 16.5. The maximum atomic E-state index is 6.00. The van der Waals surface area contributed by atoms with Gasteiger partial charge in [0.1, 0.15) is 5.75 Å². The average molecular weight is 289 g/mol. The molecule has 1 saturated carbocycles. The predicted octanol–water partition coefficient (Wildman–Crippen LogP) is 1.99. The molecule has 0 amide bonds. The highest BCUT2D eigenvalue weighted by Crippen LogP contribution is 2.28. The average Bonchev–Trinajstić information content (AvgIpc) is 3.32. The van der Waals surface area contributed by atoms with Crippen LogP contribution in [0.1, 0.15) is 36.9 Å². The topological polar surface area (TPSA) is 41.7 Å².